The Labute approximate surface area is 147 Å². The third-order valence-electron chi connectivity index (χ3n) is 5.00. The van der Waals surface area contributed by atoms with E-state index in [-0.39, 0.29) is 0 Å². The lowest BCUT2D eigenvalue weighted by Gasteiger charge is -2.17. The Bertz CT molecular complexity index is 977. The maximum absolute atomic E-state index is 9.76. The van der Waals surface area contributed by atoms with Gasteiger partial charge in [0.1, 0.15) is 11.9 Å². The van der Waals surface area contributed by atoms with E-state index in [9.17, 15) is 5.26 Å². The number of pyridine rings is 1. The van der Waals surface area contributed by atoms with Crippen molar-refractivity contribution in [3.05, 3.63) is 41.0 Å². The molecular weight excluding hydrogens is 310 g/mol. The van der Waals surface area contributed by atoms with Gasteiger partial charge in [0, 0.05) is 6.54 Å². The Morgan fingerprint density at radius 2 is 2.04 bits per heavy atom. The SMILES string of the molecule is CN(C)CCCNc1c2c(c(C#N)c3nc4ccccc4n13)CCC2. The summed E-state index contributed by atoms with van der Waals surface area (Å²) in [6.07, 6.45) is 4.20. The standard InChI is InChI=1S/C20H23N5/c1-24(2)12-6-11-22-19-15-8-5-7-14(15)16(13-21)20-23-17-9-3-4-10-18(17)25(19)20/h3-4,9-10,22H,5-8,11-12H2,1-2H3. The second kappa shape index (κ2) is 6.38. The first-order valence-electron chi connectivity index (χ1n) is 8.94. The lowest BCUT2D eigenvalue weighted by molar-refractivity contribution is 0.405. The molecule has 1 aromatic carbocycles. The van der Waals surface area contributed by atoms with Crippen molar-refractivity contribution in [3.8, 4) is 6.07 Å². The summed E-state index contributed by atoms with van der Waals surface area (Å²) in [6.45, 7) is 1.97. The molecule has 0 radical (unpaired) electrons. The molecule has 5 nitrogen and oxygen atoms in total. The monoisotopic (exact) mass is 333 g/mol. The lowest BCUT2D eigenvalue weighted by atomic mass is 10.1. The summed E-state index contributed by atoms with van der Waals surface area (Å²) < 4.78 is 2.16. The average Bonchev–Trinajstić information content (AvgIpc) is 3.22. The van der Waals surface area contributed by atoms with E-state index < -0.39 is 0 Å². The molecule has 1 aliphatic rings. The molecule has 25 heavy (non-hydrogen) atoms. The van der Waals surface area contributed by atoms with E-state index in [1.165, 1.54) is 11.1 Å². The number of benzene rings is 1. The van der Waals surface area contributed by atoms with Crippen LogP contribution in [-0.2, 0) is 12.8 Å². The predicted octanol–water partition coefficient (Wildman–Crippen LogP) is 3.21. The summed E-state index contributed by atoms with van der Waals surface area (Å²) in [6, 6.07) is 10.6. The van der Waals surface area contributed by atoms with Gasteiger partial charge in [0.15, 0.2) is 5.65 Å². The Morgan fingerprint density at radius 3 is 2.84 bits per heavy atom. The topological polar surface area (TPSA) is 56.4 Å². The number of hydrogen-bond acceptors (Lipinski definition) is 4. The zero-order chi connectivity index (χ0) is 17.4. The number of nitrogens with one attached hydrogen (secondary N) is 1. The van der Waals surface area contributed by atoms with E-state index in [0.29, 0.717) is 0 Å². The van der Waals surface area contributed by atoms with Crippen molar-refractivity contribution in [1.82, 2.24) is 14.3 Å². The van der Waals surface area contributed by atoms with Crippen molar-refractivity contribution < 1.29 is 0 Å². The lowest BCUT2D eigenvalue weighted by Crippen LogP contribution is -2.18. The third-order valence-corrected chi connectivity index (χ3v) is 5.00. The quantitative estimate of drug-likeness (QED) is 0.729. The number of anilines is 1. The number of rotatable bonds is 5. The van der Waals surface area contributed by atoms with Crippen LogP contribution in [0.15, 0.2) is 24.3 Å². The Balaban J connectivity index is 1.89. The van der Waals surface area contributed by atoms with E-state index in [1.807, 2.05) is 18.2 Å². The van der Waals surface area contributed by atoms with Gasteiger partial charge in [0.2, 0.25) is 0 Å². The van der Waals surface area contributed by atoms with Crippen molar-refractivity contribution in [2.45, 2.75) is 25.7 Å². The summed E-state index contributed by atoms with van der Waals surface area (Å²) in [5.41, 5.74) is 6.05. The van der Waals surface area contributed by atoms with Gasteiger partial charge in [-0.05, 0) is 69.6 Å². The fraction of sp³-hybridized carbons (Fsp3) is 0.400. The Kier molecular flexibility index (Phi) is 4.06. The molecule has 5 heteroatoms. The van der Waals surface area contributed by atoms with Crippen LogP contribution in [-0.4, -0.2) is 41.5 Å². The first-order chi connectivity index (χ1) is 12.2. The van der Waals surface area contributed by atoms with Crippen molar-refractivity contribution in [2.75, 3.05) is 32.5 Å². The van der Waals surface area contributed by atoms with Crippen LogP contribution in [0.4, 0.5) is 5.82 Å². The predicted molar refractivity (Wildman–Crippen MR) is 101 cm³/mol. The molecule has 0 saturated heterocycles. The highest BCUT2D eigenvalue weighted by molar-refractivity contribution is 5.86. The van der Waals surface area contributed by atoms with Crippen molar-refractivity contribution in [1.29, 1.82) is 5.26 Å². The van der Waals surface area contributed by atoms with E-state index in [4.69, 9.17) is 4.98 Å². The number of nitrogens with zero attached hydrogens (tertiary/aromatic N) is 4. The number of fused-ring (bicyclic) bond motifs is 4. The molecule has 1 N–H and O–H groups in total. The smallest absolute Gasteiger partial charge is 0.157 e. The molecule has 1 aliphatic carbocycles. The van der Waals surface area contributed by atoms with Crippen LogP contribution in [0.3, 0.4) is 0 Å². The van der Waals surface area contributed by atoms with Crippen molar-refractivity contribution in [2.24, 2.45) is 0 Å². The maximum atomic E-state index is 9.76. The zero-order valence-electron chi connectivity index (χ0n) is 14.8. The minimum Gasteiger partial charge on any atom is -0.371 e. The number of aromatic nitrogens is 2. The number of imidazole rings is 1. The largest absolute Gasteiger partial charge is 0.371 e. The molecule has 0 amide bonds. The Morgan fingerprint density at radius 1 is 1.24 bits per heavy atom. The van der Waals surface area contributed by atoms with Crippen LogP contribution < -0.4 is 5.32 Å². The van der Waals surface area contributed by atoms with Crippen LogP contribution in [0.25, 0.3) is 16.7 Å². The third kappa shape index (κ3) is 2.63. The average molecular weight is 333 g/mol. The minimum atomic E-state index is 0.752. The molecule has 0 saturated carbocycles. The van der Waals surface area contributed by atoms with E-state index in [0.717, 1.165) is 66.8 Å². The summed E-state index contributed by atoms with van der Waals surface area (Å²) in [7, 11) is 4.20. The summed E-state index contributed by atoms with van der Waals surface area (Å²) >= 11 is 0. The van der Waals surface area contributed by atoms with E-state index in [1.54, 1.807) is 0 Å². The highest BCUT2D eigenvalue weighted by atomic mass is 15.1. The van der Waals surface area contributed by atoms with Gasteiger partial charge >= 0.3 is 0 Å². The van der Waals surface area contributed by atoms with E-state index >= 15 is 0 Å². The number of nitriles is 1. The van der Waals surface area contributed by atoms with Crippen LogP contribution >= 0.6 is 0 Å². The second-order valence-corrected chi connectivity index (χ2v) is 6.99. The van der Waals surface area contributed by atoms with Crippen LogP contribution in [0.1, 0.15) is 29.5 Å². The van der Waals surface area contributed by atoms with Crippen LogP contribution in [0.2, 0.25) is 0 Å². The summed E-state index contributed by atoms with van der Waals surface area (Å²) in [5.74, 6) is 1.13. The van der Waals surface area contributed by atoms with Gasteiger partial charge in [-0.15, -0.1) is 0 Å². The fourth-order valence-electron chi connectivity index (χ4n) is 3.88. The summed E-state index contributed by atoms with van der Waals surface area (Å²) in [5, 5.41) is 13.4. The van der Waals surface area contributed by atoms with Gasteiger partial charge in [-0.2, -0.15) is 5.26 Å². The summed E-state index contributed by atoms with van der Waals surface area (Å²) in [4.78, 5) is 6.97. The minimum absolute atomic E-state index is 0.752. The van der Waals surface area contributed by atoms with Gasteiger partial charge in [-0.1, -0.05) is 12.1 Å². The fourth-order valence-corrected chi connectivity index (χ4v) is 3.88. The zero-order valence-corrected chi connectivity index (χ0v) is 14.8. The van der Waals surface area contributed by atoms with Gasteiger partial charge in [0.25, 0.3) is 0 Å². The van der Waals surface area contributed by atoms with Crippen LogP contribution in [0.5, 0.6) is 0 Å². The molecular formula is C20H23N5. The molecule has 0 spiro atoms. The van der Waals surface area contributed by atoms with Crippen LogP contribution in [0, 0.1) is 11.3 Å². The van der Waals surface area contributed by atoms with Gasteiger partial charge in [0.05, 0.1) is 16.6 Å². The molecule has 0 fully saturated rings. The molecule has 4 rings (SSSR count). The van der Waals surface area contributed by atoms with Gasteiger partial charge < -0.3 is 10.2 Å². The normalized spacial score (nSPS) is 13.5. The number of para-hydroxylation sites is 2. The van der Waals surface area contributed by atoms with Gasteiger partial charge in [-0.25, -0.2) is 4.98 Å². The molecule has 0 bridgehead atoms. The maximum Gasteiger partial charge on any atom is 0.157 e. The number of hydrogen-bond donors (Lipinski definition) is 1. The second-order valence-electron chi connectivity index (χ2n) is 6.99. The molecule has 2 heterocycles. The highest BCUT2D eigenvalue weighted by Gasteiger charge is 2.25. The van der Waals surface area contributed by atoms with Crippen molar-refractivity contribution >= 4 is 22.5 Å². The molecule has 0 atom stereocenters. The molecule has 3 aromatic rings. The van der Waals surface area contributed by atoms with Gasteiger partial charge in [-0.3, -0.25) is 4.40 Å². The molecule has 128 valence electrons. The first kappa shape index (κ1) is 15.9. The molecule has 2 aromatic heterocycles. The first-order valence-corrected chi connectivity index (χ1v) is 8.94. The Hall–Kier alpha value is -2.58. The van der Waals surface area contributed by atoms with E-state index in [2.05, 4.69) is 40.8 Å². The highest BCUT2D eigenvalue weighted by Crippen LogP contribution is 2.36. The molecule has 0 aliphatic heterocycles. The molecule has 0 unspecified atom stereocenters. The van der Waals surface area contributed by atoms with Crippen molar-refractivity contribution in [3.63, 3.8) is 0 Å².